The molecule has 0 saturated heterocycles. The van der Waals surface area contributed by atoms with Crippen molar-refractivity contribution in [3.8, 4) is 11.4 Å². The molecule has 0 bridgehead atoms. The van der Waals surface area contributed by atoms with E-state index in [1.165, 1.54) is 0 Å². The average molecular weight is 333 g/mol. The van der Waals surface area contributed by atoms with E-state index in [1.807, 2.05) is 0 Å². The Morgan fingerprint density at radius 3 is 2.68 bits per heavy atom. The normalized spacial score (nSPS) is 12.5. The first-order valence-corrected chi connectivity index (χ1v) is 8.03. The van der Waals surface area contributed by atoms with Crippen molar-refractivity contribution in [1.29, 1.82) is 0 Å². The van der Waals surface area contributed by atoms with E-state index in [4.69, 9.17) is 0 Å². The highest BCUT2D eigenvalue weighted by molar-refractivity contribution is 7.89. The van der Waals surface area contributed by atoms with E-state index < -0.39 is 28.4 Å². The lowest BCUT2D eigenvalue weighted by Gasteiger charge is -2.09. The number of imidazole rings is 1. The number of aromatic amines is 1. The van der Waals surface area contributed by atoms with E-state index in [2.05, 4.69) is 14.7 Å². The van der Waals surface area contributed by atoms with E-state index in [1.54, 1.807) is 36.7 Å². The van der Waals surface area contributed by atoms with Gasteiger partial charge in [-0.2, -0.15) is 13.2 Å². The molecule has 0 radical (unpaired) electrons. The number of nitrogens with zero attached hydrogens (tertiary/aromatic N) is 1. The van der Waals surface area contributed by atoms with Gasteiger partial charge in [0, 0.05) is 24.5 Å². The highest BCUT2D eigenvalue weighted by Crippen LogP contribution is 2.20. The monoisotopic (exact) mass is 333 g/mol. The van der Waals surface area contributed by atoms with Crippen molar-refractivity contribution in [3.05, 3.63) is 42.2 Å². The van der Waals surface area contributed by atoms with Gasteiger partial charge in [0.2, 0.25) is 10.0 Å². The summed E-state index contributed by atoms with van der Waals surface area (Å²) in [6.07, 6.45) is -2.62. The Balaban J connectivity index is 1.98. The molecular weight excluding hydrogens is 319 g/mol. The Morgan fingerprint density at radius 1 is 1.27 bits per heavy atom. The summed E-state index contributed by atoms with van der Waals surface area (Å²) in [7, 11) is -3.97. The number of hydrogen-bond acceptors (Lipinski definition) is 3. The fourth-order valence-electron chi connectivity index (χ4n) is 1.77. The first-order valence-electron chi connectivity index (χ1n) is 6.38. The van der Waals surface area contributed by atoms with Crippen LogP contribution in [-0.2, 0) is 16.6 Å². The molecule has 120 valence electrons. The van der Waals surface area contributed by atoms with E-state index in [-0.39, 0.29) is 6.54 Å². The maximum atomic E-state index is 12.1. The quantitative estimate of drug-likeness (QED) is 0.853. The lowest BCUT2D eigenvalue weighted by Crippen LogP contribution is -2.28. The number of H-pyrrole nitrogens is 1. The molecule has 5 nitrogen and oxygen atoms in total. The maximum Gasteiger partial charge on any atom is 0.390 e. The zero-order valence-corrected chi connectivity index (χ0v) is 12.2. The van der Waals surface area contributed by atoms with Crippen LogP contribution in [0.5, 0.6) is 0 Å². The minimum absolute atomic E-state index is 0.0747. The van der Waals surface area contributed by atoms with Crippen LogP contribution in [0.3, 0.4) is 0 Å². The second-order valence-electron chi connectivity index (χ2n) is 4.64. The Hall–Kier alpha value is -1.87. The lowest BCUT2D eigenvalue weighted by atomic mass is 10.1. The van der Waals surface area contributed by atoms with Crippen molar-refractivity contribution in [2.24, 2.45) is 0 Å². The number of aromatic nitrogens is 2. The molecule has 2 aromatic rings. The summed E-state index contributed by atoms with van der Waals surface area (Å²) in [5.74, 6) is -0.351. The summed E-state index contributed by atoms with van der Waals surface area (Å²) in [5.41, 5.74) is 1.39. The molecule has 0 spiro atoms. The molecule has 0 aliphatic heterocycles. The standard InChI is InChI=1S/C13H14F3N3O2S/c14-13(15,16)4-7-22(20,21)19-9-10-2-1-3-11(8-10)12-17-5-6-18-12/h1-3,5-6,8,19H,4,7,9H2,(H,17,18). The highest BCUT2D eigenvalue weighted by Gasteiger charge is 2.29. The van der Waals surface area contributed by atoms with Crippen LogP contribution >= 0.6 is 0 Å². The van der Waals surface area contributed by atoms with E-state index in [0.717, 1.165) is 5.56 Å². The number of nitrogens with one attached hydrogen (secondary N) is 2. The van der Waals surface area contributed by atoms with Crippen LogP contribution in [0, 0.1) is 0 Å². The molecule has 0 atom stereocenters. The molecular formula is C13H14F3N3O2S. The van der Waals surface area contributed by atoms with Gasteiger partial charge in [0.05, 0.1) is 12.2 Å². The zero-order valence-electron chi connectivity index (χ0n) is 11.4. The smallest absolute Gasteiger partial charge is 0.345 e. The number of halogens is 3. The molecule has 0 aliphatic carbocycles. The molecule has 0 amide bonds. The summed E-state index contributed by atoms with van der Waals surface area (Å²) in [4.78, 5) is 6.99. The Labute approximate surface area is 125 Å². The van der Waals surface area contributed by atoms with Gasteiger partial charge in [0.25, 0.3) is 0 Å². The van der Waals surface area contributed by atoms with Crippen molar-refractivity contribution in [2.45, 2.75) is 19.1 Å². The molecule has 9 heteroatoms. The van der Waals surface area contributed by atoms with Crippen LogP contribution in [0.1, 0.15) is 12.0 Å². The molecule has 1 heterocycles. The maximum absolute atomic E-state index is 12.1. The topological polar surface area (TPSA) is 74.8 Å². The van der Waals surface area contributed by atoms with Gasteiger partial charge >= 0.3 is 6.18 Å². The molecule has 0 aliphatic rings. The van der Waals surface area contributed by atoms with Gasteiger partial charge in [-0.25, -0.2) is 18.1 Å². The minimum Gasteiger partial charge on any atom is -0.345 e. The number of benzene rings is 1. The van der Waals surface area contributed by atoms with Crippen molar-refractivity contribution < 1.29 is 21.6 Å². The molecule has 0 saturated carbocycles. The van der Waals surface area contributed by atoms with Crippen molar-refractivity contribution >= 4 is 10.0 Å². The fourth-order valence-corrected chi connectivity index (χ4v) is 2.80. The first-order chi connectivity index (χ1) is 10.3. The number of rotatable bonds is 6. The largest absolute Gasteiger partial charge is 0.390 e. The SMILES string of the molecule is O=S(=O)(CCC(F)(F)F)NCc1cccc(-c2ncc[nH]2)c1. The van der Waals surface area contributed by atoms with Gasteiger partial charge < -0.3 is 4.98 Å². The Kier molecular flexibility index (Phi) is 4.87. The third-order valence-corrected chi connectivity index (χ3v) is 4.17. The second kappa shape index (κ2) is 6.49. The fraction of sp³-hybridized carbons (Fsp3) is 0.308. The highest BCUT2D eigenvalue weighted by atomic mass is 32.2. The van der Waals surface area contributed by atoms with E-state index >= 15 is 0 Å². The van der Waals surface area contributed by atoms with Gasteiger partial charge in [0.1, 0.15) is 5.82 Å². The molecule has 2 N–H and O–H groups in total. The first kappa shape index (κ1) is 16.5. The summed E-state index contributed by atoms with van der Waals surface area (Å²) in [6.45, 7) is -0.0747. The van der Waals surface area contributed by atoms with Gasteiger partial charge in [0.15, 0.2) is 0 Å². The number of sulfonamides is 1. The lowest BCUT2D eigenvalue weighted by molar-refractivity contribution is -0.129. The van der Waals surface area contributed by atoms with Crippen LogP contribution in [0.4, 0.5) is 13.2 Å². The van der Waals surface area contributed by atoms with Crippen molar-refractivity contribution in [1.82, 2.24) is 14.7 Å². The van der Waals surface area contributed by atoms with Gasteiger partial charge in [-0.1, -0.05) is 18.2 Å². The zero-order chi connectivity index (χ0) is 16.2. The molecule has 1 aromatic heterocycles. The van der Waals surface area contributed by atoms with Crippen LogP contribution in [0.25, 0.3) is 11.4 Å². The molecule has 22 heavy (non-hydrogen) atoms. The van der Waals surface area contributed by atoms with Crippen LogP contribution in [0.2, 0.25) is 0 Å². The Morgan fingerprint density at radius 2 is 2.05 bits per heavy atom. The summed E-state index contributed by atoms with van der Waals surface area (Å²) in [5, 5.41) is 0. The summed E-state index contributed by atoms with van der Waals surface area (Å²) >= 11 is 0. The predicted octanol–water partition coefficient (Wildman–Crippen LogP) is 2.45. The van der Waals surface area contributed by atoms with Crippen LogP contribution in [0.15, 0.2) is 36.7 Å². The number of hydrogen-bond donors (Lipinski definition) is 2. The minimum atomic E-state index is -4.49. The predicted molar refractivity (Wildman–Crippen MR) is 75.3 cm³/mol. The molecule has 1 aromatic carbocycles. The molecule has 0 unspecified atom stereocenters. The summed E-state index contributed by atoms with van der Waals surface area (Å²) in [6, 6.07) is 6.90. The van der Waals surface area contributed by atoms with Gasteiger partial charge in [-0.15, -0.1) is 0 Å². The second-order valence-corrected chi connectivity index (χ2v) is 6.57. The average Bonchev–Trinajstić information content (AvgIpc) is 2.97. The number of alkyl halides is 3. The van der Waals surface area contributed by atoms with Gasteiger partial charge in [-0.3, -0.25) is 0 Å². The molecule has 2 rings (SSSR count). The van der Waals surface area contributed by atoms with Crippen LogP contribution < -0.4 is 4.72 Å². The van der Waals surface area contributed by atoms with E-state index in [9.17, 15) is 21.6 Å². The van der Waals surface area contributed by atoms with Crippen LogP contribution in [-0.4, -0.2) is 30.3 Å². The van der Waals surface area contributed by atoms with Crippen molar-refractivity contribution in [2.75, 3.05) is 5.75 Å². The van der Waals surface area contributed by atoms with Crippen molar-refractivity contribution in [3.63, 3.8) is 0 Å². The van der Waals surface area contributed by atoms with E-state index in [0.29, 0.717) is 11.4 Å². The summed E-state index contributed by atoms with van der Waals surface area (Å²) < 4.78 is 61.4. The molecule has 0 fully saturated rings. The third kappa shape index (κ3) is 5.15. The van der Waals surface area contributed by atoms with Gasteiger partial charge in [-0.05, 0) is 11.6 Å². The third-order valence-electron chi connectivity index (χ3n) is 2.85. The Bertz CT molecular complexity index is 712.